The van der Waals surface area contributed by atoms with Crippen LogP contribution in [0.5, 0.6) is 0 Å². The van der Waals surface area contributed by atoms with Gasteiger partial charge in [0, 0.05) is 0 Å². The van der Waals surface area contributed by atoms with E-state index in [4.69, 9.17) is 4.74 Å². The Morgan fingerprint density at radius 1 is 1.25 bits per heavy atom. The van der Waals surface area contributed by atoms with Gasteiger partial charge in [-0.05, 0) is 29.0 Å². The molecule has 2 heteroatoms. The molecule has 0 saturated carbocycles. The molecule has 1 heterocycles. The van der Waals surface area contributed by atoms with E-state index < -0.39 is 0 Å². The Morgan fingerprint density at radius 3 is 2.25 bits per heavy atom. The number of benzene rings is 1. The molecule has 0 atom stereocenters. The second-order valence-electron chi connectivity index (χ2n) is 5.74. The molecule has 2 rings (SSSR count). The second-order valence-corrected chi connectivity index (χ2v) is 7.26. The standard InChI is InChI=1S/C14H19BrO/c1-10-7-11(13(2,3)4)5-6-12(10)14(15)8-16-9-14/h5-7H,8-9H2,1-4H3. The fraction of sp³-hybridized carbons (Fsp3) is 0.571. The van der Waals surface area contributed by atoms with E-state index in [-0.39, 0.29) is 9.74 Å². The molecule has 0 aliphatic carbocycles. The largest absolute Gasteiger partial charge is 0.378 e. The third-order valence-electron chi connectivity index (χ3n) is 3.24. The lowest BCUT2D eigenvalue weighted by Gasteiger charge is -2.38. The van der Waals surface area contributed by atoms with Gasteiger partial charge < -0.3 is 4.74 Å². The van der Waals surface area contributed by atoms with Crippen molar-refractivity contribution in [1.82, 2.24) is 0 Å². The predicted octanol–water partition coefficient (Wildman–Crippen LogP) is 3.91. The van der Waals surface area contributed by atoms with Crippen LogP contribution in [-0.2, 0) is 14.5 Å². The molecule has 16 heavy (non-hydrogen) atoms. The van der Waals surface area contributed by atoms with Crippen molar-refractivity contribution in [2.45, 2.75) is 37.4 Å². The highest BCUT2D eigenvalue weighted by molar-refractivity contribution is 9.09. The second kappa shape index (κ2) is 3.85. The highest BCUT2D eigenvalue weighted by Crippen LogP contribution is 2.41. The van der Waals surface area contributed by atoms with Crippen LogP contribution in [0.3, 0.4) is 0 Å². The summed E-state index contributed by atoms with van der Waals surface area (Å²) < 4.78 is 5.36. The first-order valence-corrected chi connectivity index (χ1v) is 6.50. The van der Waals surface area contributed by atoms with Crippen molar-refractivity contribution < 1.29 is 4.74 Å². The van der Waals surface area contributed by atoms with E-state index in [0.29, 0.717) is 0 Å². The molecule has 1 saturated heterocycles. The highest BCUT2D eigenvalue weighted by Gasteiger charge is 2.38. The molecular weight excluding hydrogens is 264 g/mol. The monoisotopic (exact) mass is 282 g/mol. The summed E-state index contributed by atoms with van der Waals surface area (Å²) in [4.78, 5) is 0. The van der Waals surface area contributed by atoms with Crippen LogP contribution in [0, 0.1) is 6.92 Å². The van der Waals surface area contributed by atoms with E-state index in [2.05, 4.69) is 61.8 Å². The Labute approximate surface area is 106 Å². The van der Waals surface area contributed by atoms with Crippen LogP contribution in [0.4, 0.5) is 0 Å². The highest BCUT2D eigenvalue weighted by atomic mass is 79.9. The van der Waals surface area contributed by atoms with Crippen LogP contribution in [0.2, 0.25) is 0 Å². The minimum Gasteiger partial charge on any atom is -0.378 e. The quantitative estimate of drug-likeness (QED) is 0.710. The van der Waals surface area contributed by atoms with E-state index in [1.165, 1.54) is 16.7 Å². The lowest BCUT2D eigenvalue weighted by atomic mass is 9.83. The molecule has 1 aliphatic heterocycles. The van der Waals surface area contributed by atoms with Gasteiger partial charge in [0.2, 0.25) is 0 Å². The first-order chi connectivity index (χ1) is 7.33. The summed E-state index contributed by atoms with van der Waals surface area (Å²) in [5, 5.41) is 0. The Hall–Kier alpha value is -0.340. The average molecular weight is 283 g/mol. The Morgan fingerprint density at radius 2 is 1.88 bits per heavy atom. The maximum absolute atomic E-state index is 5.30. The van der Waals surface area contributed by atoms with Crippen molar-refractivity contribution in [2.75, 3.05) is 13.2 Å². The Bertz CT molecular complexity index is 400. The van der Waals surface area contributed by atoms with Gasteiger partial charge in [0.25, 0.3) is 0 Å². The van der Waals surface area contributed by atoms with Gasteiger partial charge in [0.15, 0.2) is 0 Å². The van der Waals surface area contributed by atoms with E-state index in [0.717, 1.165) is 13.2 Å². The van der Waals surface area contributed by atoms with Gasteiger partial charge in [-0.15, -0.1) is 0 Å². The van der Waals surface area contributed by atoms with Gasteiger partial charge in [-0.3, -0.25) is 0 Å². The fourth-order valence-corrected chi connectivity index (χ4v) is 2.84. The minimum absolute atomic E-state index is 0.0630. The molecule has 0 spiro atoms. The lowest BCUT2D eigenvalue weighted by molar-refractivity contribution is -0.00725. The molecule has 1 aromatic rings. The first-order valence-electron chi connectivity index (χ1n) is 5.71. The smallest absolute Gasteiger partial charge is 0.0973 e. The molecule has 88 valence electrons. The average Bonchev–Trinajstić information content (AvgIpc) is 2.12. The number of rotatable bonds is 1. The topological polar surface area (TPSA) is 9.23 Å². The van der Waals surface area contributed by atoms with Crippen molar-refractivity contribution in [3.05, 3.63) is 34.9 Å². The van der Waals surface area contributed by atoms with Crippen LogP contribution < -0.4 is 0 Å². The molecule has 0 bridgehead atoms. The Kier molecular flexibility index (Phi) is 2.92. The van der Waals surface area contributed by atoms with Crippen LogP contribution in [0.25, 0.3) is 0 Å². The summed E-state index contributed by atoms with van der Waals surface area (Å²) in [5.74, 6) is 0. The number of hydrogen-bond acceptors (Lipinski definition) is 1. The third-order valence-corrected chi connectivity index (χ3v) is 4.12. The SMILES string of the molecule is Cc1cc(C(C)(C)C)ccc1C1(Br)COC1. The summed E-state index contributed by atoms with van der Waals surface area (Å²) in [6.45, 7) is 10.5. The number of aryl methyl sites for hydroxylation is 1. The van der Waals surface area contributed by atoms with Gasteiger partial charge in [-0.2, -0.15) is 0 Å². The minimum atomic E-state index is 0.0630. The van der Waals surface area contributed by atoms with Gasteiger partial charge in [-0.25, -0.2) is 0 Å². The molecule has 1 aromatic carbocycles. The van der Waals surface area contributed by atoms with E-state index in [1.807, 2.05) is 0 Å². The van der Waals surface area contributed by atoms with E-state index >= 15 is 0 Å². The molecule has 1 nitrogen and oxygen atoms in total. The summed E-state index contributed by atoms with van der Waals surface area (Å²) in [7, 11) is 0. The summed E-state index contributed by atoms with van der Waals surface area (Å²) in [5.41, 5.74) is 4.34. The zero-order valence-electron chi connectivity index (χ0n) is 10.4. The molecule has 0 unspecified atom stereocenters. The zero-order chi connectivity index (χ0) is 12.0. The van der Waals surface area contributed by atoms with Crippen LogP contribution >= 0.6 is 15.9 Å². The maximum Gasteiger partial charge on any atom is 0.0973 e. The molecule has 0 radical (unpaired) electrons. The van der Waals surface area contributed by atoms with Crippen molar-refractivity contribution >= 4 is 15.9 Å². The van der Waals surface area contributed by atoms with Crippen molar-refractivity contribution in [2.24, 2.45) is 0 Å². The van der Waals surface area contributed by atoms with Crippen molar-refractivity contribution in [3.8, 4) is 0 Å². The molecule has 0 N–H and O–H groups in total. The van der Waals surface area contributed by atoms with Crippen LogP contribution in [0.15, 0.2) is 18.2 Å². The number of ether oxygens (including phenoxy) is 1. The van der Waals surface area contributed by atoms with Gasteiger partial charge in [-0.1, -0.05) is 54.9 Å². The first kappa shape index (κ1) is 12.1. The molecule has 1 fully saturated rings. The van der Waals surface area contributed by atoms with E-state index in [1.54, 1.807) is 0 Å². The van der Waals surface area contributed by atoms with Crippen molar-refractivity contribution in [3.63, 3.8) is 0 Å². The van der Waals surface area contributed by atoms with Crippen molar-refractivity contribution in [1.29, 1.82) is 0 Å². The van der Waals surface area contributed by atoms with Crippen LogP contribution in [-0.4, -0.2) is 13.2 Å². The summed E-state index contributed by atoms with van der Waals surface area (Å²) in [6, 6.07) is 6.79. The number of hydrogen-bond donors (Lipinski definition) is 0. The van der Waals surface area contributed by atoms with Gasteiger partial charge in [0.05, 0.1) is 17.5 Å². The predicted molar refractivity (Wildman–Crippen MR) is 71.3 cm³/mol. The fourth-order valence-electron chi connectivity index (χ4n) is 2.07. The van der Waals surface area contributed by atoms with E-state index in [9.17, 15) is 0 Å². The Balaban J connectivity index is 2.37. The summed E-state index contributed by atoms with van der Waals surface area (Å²) in [6.07, 6.45) is 0. The summed E-state index contributed by atoms with van der Waals surface area (Å²) >= 11 is 3.78. The molecule has 0 amide bonds. The number of alkyl halides is 1. The molecule has 1 aliphatic rings. The van der Waals surface area contributed by atoms with Gasteiger partial charge in [0.1, 0.15) is 0 Å². The number of halogens is 1. The lowest BCUT2D eigenvalue weighted by Crippen LogP contribution is -2.41. The zero-order valence-corrected chi connectivity index (χ0v) is 12.0. The molecular formula is C14H19BrO. The van der Waals surface area contributed by atoms with Crippen LogP contribution in [0.1, 0.15) is 37.5 Å². The normalized spacial score (nSPS) is 19.3. The van der Waals surface area contributed by atoms with Gasteiger partial charge >= 0.3 is 0 Å². The maximum atomic E-state index is 5.30. The molecule has 0 aromatic heterocycles. The third kappa shape index (κ3) is 2.05.